The van der Waals surface area contributed by atoms with E-state index in [-0.39, 0.29) is 0 Å². The van der Waals surface area contributed by atoms with Crippen LogP contribution in [0.2, 0.25) is 0 Å². The predicted molar refractivity (Wildman–Crippen MR) is 193 cm³/mol. The van der Waals surface area contributed by atoms with Crippen LogP contribution in [0.3, 0.4) is 0 Å². The number of benzene rings is 4. The molecule has 0 unspecified atom stereocenters. The number of aryl methyl sites for hydroxylation is 2. The van der Waals surface area contributed by atoms with Crippen molar-refractivity contribution in [1.82, 2.24) is 0 Å². The van der Waals surface area contributed by atoms with Crippen molar-refractivity contribution in [2.75, 3.05) is 106 Å². The van der Waals surface area contributed by atoms with E-state index in [1.807, 2.05) is 84.9 Å². The van der Waals surface area contributed by atoms with Crippen molar-refractivity contribution in [3.05, 3.63) is 96.1 Å². The van der Waals surface area contributed by atoms with Gasteiger partial charge in [0.25, 0.3) is 0 Å². The summed E-state index contributed by atoms with van der Waals surface area (Å²) in [5.74, 6) is 3.27. The first-order valence-corrected chi connectivity index (χ1v) is 17.3. The third kappa shape index (κ3) is 15.8. The van der Waals surface area contributed by atoms with Crippen LogP contribution in [0, 0.1) is 13.8 Å². The third-order valence-corrected chi connectivity index (χ3v) is 7.34. The summed E-state index contributed by atoms with van der Waals surface area (Å²) in [6.07, 6.45) is 0. The van der Waals surface area contributed by atoms with E-state index >= 15 is 0 Å². The lowest BCUT2D eigenvalue weighted by molar-refractivity contribution is 0.00500. The van der Waals surface area contributed by atoms with Crippen molar-refractivity contribution in [2.24, 2.45) is 0 Å². The molecule has 4 aromatic carbocycles. The fourth-order valence-electron chi connectivity index (χ4n) is 4.71. The largest absolute Gasteiger partial charge is 0.491 e. The minimum Gasteiger partial charge on any atom is -0.491 e. The molecule has 0 spiro atoms. The molecule has 10 nitrogen and oxygen atoms in total. The molecule has 4 aromatic rings. The average Bonchev–Trinajstić information content (AvgIpc) is 3.13. The number of hydrogen-bond acceptors (Lipinski definition) is 10. The highest BCUT2D eigenvalue weighted by atomic mass is 16.6. The summed E-state index contributed by atoms with van der Waals surface area (Å²) in [7, 11) is 0. The zero-order valence-electron chi connectivity index (χ0n) is 29.5. The Bertz CT molecular complexity index is 1330. The standard InChI is InChI=1S/C40H52O10/c1-33-9-13-35(14-10-33)47-29-25-43-21-17-41-19-23-45-27-31-49-39-7-3-6-38-37(39)5-4-8-40(38)50-32-28-46-24-20-42-18-22-44-26-30-48-36-15-11-34(2)12-16-36/h3-16H,17-32H2,1-2H3. The number of hydrogen-bond donors (Lipinski definition) is 0. The zero-order valence-corrected chi connectivity index (χ0v) is 29.5. The van der Waals surface area contributed by atoms with Gasteiger partial charge in [0.2, 0.25) is 0 Å². The Hall–Kier alpha value is -3.90. The smallest absolute Gasteiger partial charge is 0.127 e. The summed E-state index contributed by atoms with van der Waals surface area (Å²) in [6, 6.07) is 27.8. The summed E-state index contributed by atoms with van der Waals surface area (Å²) in [6.45, 7) is 11.9. The van der Waals surface area contributed by atoms with Crippen LogP contribution in [0.5, 0.6) is 23.0 Å². The van der Waals surface area contributed by atoms with Gasteiger partial charge in [-0.2, -0.15) is 0 Å². The second-order valence-corrected chi connectivity index (χ2v) is 11.3. The summed E-state index contributed by atoms with van der Waals surface area (Å²) in [5, 5.41) is 1.96. The van der Waals surface area contributed by atoms with E-state index in [0.29, 0.717) is 106 Å². The van der Waals surface area contributed by atoms with Crippen molar-refractivity contribution < 1.29 is 47.4 Å². The van der Waals surface area contributed by atoms with E-state index in [0.717, 1.165) is 33.8 Å². The Kier molecular flexibility index (Phi) is 18.9. The molecule has 0 heterocycles. The maximum atomic E-state index is 6.03. The highest BCUT2D eigenvalue weighted by molar-refractivity contribution is 5.93. The predicted octanol–water partition coefficient (Wildman–Crippen LogP) is 6.47. The molecule has 4 rings (SSSR count). The van der Waals surface area contributed by atoms with Crippen molar-refractivity contribution >= 4 is 10.8 Å². The first-order chi connectivity index (χ1) is 24.7. The van der Waals surface area contributed by atoms with Crippen molar-refractivity contribution in [2.45, 2.75) is 13.8 Å². The monoisotopic (exact) mass is 692 g/mol. The fraction of sp³-hybridized carbons (Fsp3) is 0.450. The molecule has 0 aliphatic carbocycles. The van der Waals surface area contributed by atoms with Gasteiger partial charge in [-0.3, -0.25) is 0 Å². The van der Waals surface area contributed by atoms with Crippen LogP contribution in [0.4, 0.5) is 0 Å². The Morgan fingerprint density at radius 2 is 0.580 bits per heavy atom. The average molecular weight is 693 g/mol. The maximum absolute atomic E-state index is 6.03. The van der Waals surface area contributed by atoms with Crippen LogP contribution in [0.15, 0.2) is 84.9 Å². The van der Waals surface area contributed by atoms with Gasteiger partial charge in [0.05, 0.1) is 79.3 Å². The van der Waals surface area contributed by atoms with Crippen LogP contribution < -0.4 is 18.9 Å². The first kappa shape index (κ1) is 38.9. The van der Waals surface area contributed by atoms with Crippen molar-refractivity contribution in [3.63, 3.8) is 0 Å². The van der Waals surface area contributed by atoms with E-state index in [1.54, 1.807) is 0 Å². The van der Waals surface area contributed by atoms with Crippen molar-refractivity contribution in [3.8, 4) is 23.0 Å². The summed E-state index contributed by atoms with van der Waals surface area (Å²) >= 11 is 0. The molecule has 0 radical (unpaired) electrons. The quantitative estimate of drug-likeness (QED) is 0.0617. The van der Waals surface area contributed by atoms with Gasteiger partial charge < -0.3 is 47.4 Å². The number of ether oxygens (including phenoxy) is 10. The van der Waals surface area contributed by atoms with Crippen LogP contribution >= 0.6 is 0 Å². The molecule has 0 aliphatic rings. The molecule has 0 aliphatic heterocycles. The second-order valence-electron chi connectivity index (χ2n) is 11.3. The molecular formula is C40H52O10. The van der Waals surface area contributed by atoms with E-state index in [1.165, 1.54) is 11.1 Å². The zero-order chi connectivity index (χ0) is 34.9. The van der Waals surface area contributed by atoms with Gasteiger partial charge in [-0.15, -0.1) is 0 Å². The molecule has 10 heteroatoms. The summed E-state index contributed by atoms with van der Waals surface area (Å²) in [5.41, 5.74) is 2.42. The molecule has 272 valence electrons. The molecule has 0 fully saturated rings. The molecular weight excluding hydrogens is 640 g/mol. The van der Waals surface area contributed by atoms with E-state index < -0.39 is 0 Å². The lowest BCUT2D eigenvalue weighted by Crippen LogP contribution is -2.14. The van der Waals surface area contributed by atoms with Gasteiger partial charge >= 0.3 is 0 Å². The maximum Gasteiger partial charge on any atom is 0.127 e. The summed E-state index contributed by atoms with van der Waals surface area (Å²) < 4.78 is 56.9. The fourth-order valence-corrected chi connectivity index (χ4v) is 4.71. The molecule has 50 heavy (non-hydrogen) atoms. The van der Waals surface area contributed by atoms with Gasteiger partial charge in [-0.25, -0.2) is 0 Å². The number of rotatable bonds is 28. The normalized spacial score (nSPS) is 11.2. The van der Waals surface area contributed by atoms with Gasteiger partial charge in [-0.05, 0) is 50.2 Å². The van der Waals surface area contributed by atoms with Gasteiger partial charge in [0.15, 0.2) is 0 Å². The van der Waals surface area contributed by atoms with E-state index in [9.17, 15) is 0 Å². The van der Waals surface area contributed by atoms with Gasteiger partial charge in [-0.1, -0.05) is 59.7 Å². The van der Waals surface area contributed by atoms with Crippen LogP contribution in [-0.2, 0) is 28.4 Å². The van der Waals surface area contributed by atoms with Crippen LogP contribution in [0.1, 0.15) is 11.1 Å². The van der Waals surface area contributed by atoms with E-state index in [2.05, 4.69) is 13.8 Å². The lowest BCUT2D eigenvalue weighted by atomic mass is 10.1. The van der Waals surface area contributed by atoms with Crippen LogP contribution in [0.25, 0.3) is 10.8 Å². The van der Waals surface area contributed by atoms with Crippen molar-refractivity contribution in [1.29, 1.82) is 0 Å². The summed E-state index contributed by atoms with van der Waals surface area (Å²) in [4.78, 5) is 0. The SMILES string of the molecule is Cc1ccc(OCCOCCOCCOCCOc2cccc3c(OCCOCCOCCOCCOc4ccc(C)cc4)cccc23)cc1. The number of fused-ring (bicyclic) bond motifs is 1. The molecule has 0 amide bonds. The molecule has 0 N–H and O–H groups in total. The molecule has 0 bridgehead atoms. The second kappa shape index (κ2) is 24.3. The van der Waals surface area contributed by atoms with Gasteiger partial charge in [0, 0.05) is 10.8 Å². The molecule has 0 saturated carbocycles. The highest BCUT2D eigenvalue weighted by Gasteiger charge is 2.07. The third-order valence-electron chi connectivity index (χ3n) is 7.34. The molecule has 0 aromatic heterocycles. The van der Waals surface area contributed by atoms with Gasteiger partial charge in [0.1, 0.15) is 49.4 Å². The minimum atomic E-state index is 0.429. The van der Waals surface area contributed by atoms with Crippen LogP contribution in [-0.4, -0.2) is 106 Å². The Balaban J connectivity index is 0.958. The molecule has 0 atom stereocenters. The topological polar surface area (TPSA) is 92.3 Å². The Morgan fingerprint density at radius 1 is 0.300 bits per heavy atom. The molecule has 0 saturated heterocycles. The lowest BCUT2D eigenvalue weighted by Gasteiger charge is -2.13. The first-order valence-electron chi connectivity index (χ1n) is 17.3. The Morgan fingerprint density at radius 3 is 0.900 bits per heavy atom. The Labute approximate surface area is 296 Å². The highest BCUT2D eigenvalue weighted by Crippen LogP contribution is 2.32. The van der Waals surface area contributed by atoms with E-state index in [4.69, 9.17) is 47.4 Å². The minimum absolute atomic E-state index is 0.429.